The van der Waals surface area contributed by atoms with Crippen molar-refractivity contribution in [2.75, 3.05) is 13.7 Å². The molecule has 1 spiro atoms. The normalized spacial score (nSPS) is 48.2. The number of aliphatic hydroxyl groups is 2. The maximum atomic E-state index is 13.4. The largest absolute Gasteiger partial charge is 0.467 e. The second kappa shape index (κ2) is 8.31. The summed E-state index contributed by atoms with van der Waals surface area (Å²) in [7, 11) is 1.10. The summed E-state index contributed by atoms with van der Waals surface area (Å²) < 4.78 is 22.6. The molecule has 0 unspecified atom stereocenters. The highest BCUT2D eigenvalue weighted by Gasteiger charge is 2.85. The minimum absolute atomic E-state index is 0.00152. The Morgan fingerprint density at radius 3 is 2.46 bits per heavy atom. The van der Waals surface area contributed by atoms with Crippen LogP contribution in [0.5, 0.6) is 0 Å². The Labute approximate surface area is 214 Å². The fourth-order valence-corrected chi connectivity index (χ4v) is 8.58. The summed E-state index contributed by atoms with van der Waals surface area (Å²) in [6.45, 7) is 6.84. The number of carbonyl (C=O) groups excluding carboxylic acids is 5. The molecule has 0 aromatic carbocycles. The number of ketones is 2. The molecular weight excluding hydrogens is 488 g/mol. The zero-order chi connectivity index (χ0) is 27.2. The van der Waals surface area contributed by atoms with Crippen molar-refractivity contribution in [1.29, 1.82) is 0 Å². The molecule has 3 aliphatic carbocycles. The molecule has 0 amide bonds. The molecule has 0 radical (unpaired) electrons. The standard InChI is InChI=1S/C26H34O11/c1-10(2)6-15(28)37-18-20-25-9-35-26(20,23(33)34-5)21(31)17(30)19(25)24(4)8-13(27)16(29)11(3)12(24)7-14(25)36-22(18)32/h10-12,14,17-21,30-31H,6-9H2,1-5H3/t11-,12-,14+,17+,18+,19+,20+,21-,24-,25+,26-/m0/s1. The quantitative estimate of drug-likeness (QED) is 0.290. The predicted octanol–water partition coefficient (Wildman–Crippen LogP) is -0.0299. The van der Waals surface area contributed by atoms with E-state index in [9.17, 15) is 34.2 Å². The average molecular weight is 523 g/mol. The Kier molecular flexibility index (Phi) is 5.90. The first-order valence-electron chi connectivity index (χ1n) is 12.8. The molecule has 2 saturated heterocycles. The molecule has 11 heteroatoms. The number of methoxy groups -OCH3 is 1. The van der Waals surface area contributed by atoms with Gasteiger partial charge in [-0.1, -0.05) is 27.7 Å². The summed E-state index contributed by atoms with van der Waals surface area (Å²) in [5.74, 6) is -7.04. The van der Waals surface area contributed by atoms with Gasteiger partial charge in [-0.15, -0.1) is 0 Å². The molecule has 0 aromatic rings. The molecule has 204 valence electrons. The zero-order valence-corrected chi connectivity index (χ0v) is 21.6. The van der Waals surface area contributed by atoms with Crippen LogP contribution >= 0.6 is 0 Å². The highest BCUT2D eigenvalue weighted by Crippen LogP contribution is 2.72. The van der Waals surface area contributed by atoms with E-state index in [1.54, 1.807) is 27.7 Å². The van der Waals surface area contributed by atoms with E-state index in [-0.39, 0.29) is 31.8 Å². The molecule has 5 aliphatic rings. The average Bonchev–Trinajstić information content (AvgIpc) is 3.12. The minimum Gasteiger partial charge on any atom is -0.467 e. The number of aliphatic hydroxyl groups excluding tert-OH is 2. The van der Waals surface area contributed by atoms with Gasteiger partial charge in [0.2, 0.25) is 17.5 Å². The van der Waals surface area contributed by atoms with Crippen LogP contribution in [0, 0.1) is 40.4 Å². The summed E-state index contributed by atoms with van der Waals surface area (Å²) in [6, 6.07) is 0. The third-order valence-corrected chi connectivity index (χ3v) is 9.88. The lowest BCUT2D eigenvalue weighted by atomic mass is 9.37. The number of carbonyl (C=O) groups is 5. The Hall–Kier alpha value is -2.37. The molecule has 37 heavy (non-hydrogen) atoms. The molecular formula is C26H34O11. The first-order valence-corrected chi connectivity index (χ1v) is 12.8. The summed E-state index contributed by atoms with van der Waals surface area (Å²) in [5, 5.41) is 23.1. The molecule has 2 N–H and O–H groups in total. The van der Waals surface area contributed by atoms with Gasteiger partial charge in [0.1, 0.15) is 12.2 Å². The van der Waals surface area contributed by atoms with Gasteiger partial charge in [0, 0.05) is 30.1 Å². The van der Waals surface area contributed by atoms with Crippen LogP contribution < -0.4 is 0 Å². The van der Waals surface area contributed by atoms with Crippen LogP contribution in [0.2, 0.25) is 0 Å². The Bertz CT molecular complexity index is 1070. The van der Waals surface area contributed by atoms with Crippen molar-refractivity contribution in [2.45, 2.75) is 77.0 Å². The van der Waals surface area contributed by atoms with E-state index >= 15 is 0 Å². The van der Waals surface area contributed by atoms with Gasteiger partial charge >= 0.3 is 17.9 Å². The number of hydrogen-bond acceptors (Lipinski definition) is 11. The molecule has 3 saturated carbocycles. The lowest BCUT2D eigenvalue weighted by molar-refractivity contribution is -0.295. The third kappa shape index (κ3) is 3.13. The summed E-state index contributed by atoms with van der Waals surface area (Å²) in [4.78, 5) is 64.9. The van der Waals surface area contributed by atoms with E-state index in [1.165, 1.54) is 0 Å². The summed E-state index contributed by atoms with van der Waals surface area (Å²) in [6.07, 6.45) is -5.94. The number of rotatable bonds is 4. The second-order valence-corrected chi connectivity index (χ2v) is 12.1. The van der Waals surface area contributed by atoms with Gasteiger partial charge in [-0.2, -0.15) is 0 Å². The highest BCUT2D eigenvalue weighted by molar-refractivity contribution is 6.38. The number of fused-ring (bicyclic) bond motifs is 2. The van der Waals surface area contributed by atoms with Crippen LogP contribution in [0.15, 0.2) is 0 Å². The van der Waals surface area contributed by atoms with Crippen molar-refractivity contribution in [2.24, 2.45) is 40.4 Å². The monoisotopic (exact) mass is 522 g/mol. The lowest BCUT2D eigenvalue weighted by Gasteiger charge is -2.67. The van der Waals surface area contributed by atoms with E-state index in [1.807, 2.05) is 0 Å². The Morgan fingerprint density at radius 1 is 1.16 bits per heavy atom. The van der Waals surface area contributed by atoms with Crippen LogP contribution in [0.3, 0.4) is 0 Å². The fourth-order valence-electron chi connectivity index (χ4n) is 8.58. The molecule has 2 heterocycles. The molecule has 5 fully saturated rings. The Morgan fingerprint density at radius 2 is 1.84 bits per heavy atom. The van der Waals surface area contributed by atoms with Crippen molar-refractivity contribution in [3.8, 4) is 0 Å². The molecule has 2 bridgehead atoms. The lowest BCUT2D eigenvalue weighted by Crippen LogP contribution is -2.79. The van der Waals surface area contributed by atoms with Crippen molar-refractivity contribution < 1.29 is 53.1 Å². The fraction of sp³-hybridized carbons (Fsp3) is 0.808. The van der Waals surface area contributed by atoms with Gasteiger partial charge in [-0.3, -0.25) is 14.4 Å². The number of hydrogen-bond donors (Lipinski definition) is 2. The van der Waals surface area contributed by atoms with Gasteiger partial charge < -0.3 is 29.2 Å². The van der Waals surface area contributed by atoms with Crippen molar-refractivity contribution in [1.82, 2.24) is 0 Å². The SMILES string of the molecule is COC(=O)[C@@]12OC[C@]34[C@H]([C@@H](O)[C@@H]1O)[C@@]1(C)CC(=O)C(=O)[C@@H](C)[C@@H]1C[C@H]3OC(=O)[C@H](OC(=O)CC(C)C)[C@@H]24. The molecule has 0 aromatic heterocycles. The second-order valence-electron chi connectivity index (χ2n) is 12.1. The van der Waals surface area contributed by atoms with Gasteiger partial charge in [0.25, 0.3) is 0 Å². The van der Waals surface area contributed by atoms with Crippen LogP contribution in [0.25, 0.3) is 0 Å². The first-order chi connectivity index (χ1) is 17.3. The van der Waals surface area contributed by atoms with Crippen molar-refractivity contribution in [3.05, 3.63) is 0 Å². The predicted molar refractivity (Wildman–Crippen MR) is 121 cm³/mol. The van der Waals surface area contributed by atoms with Crippen LogP contribution in [-0.2, 0) is 42.9 Å². The minimum atomic E-state index is -2.20. The van der Waals surface area contributed by atoms with Crippen molar-refractivity contribution >= 4 is 29.5 Å². The van der Waals surface area contributed by atoms with E-state index in [2.05, 4.69) is 0 Å². The highest BCUT2D eigenvalue weighted by atomic mass is 16.6. The number of esters is 3. The molecule has 11 atom stereocenters. The maximum absolute atomic E-state index is 13.4. The van der Waals surface area contributed by atoms with E-state index < -0.39 is 94.0 Å². The van der Waals surface area contributed by atoms with Gasteiger partial charge in [-0.25, -0.2) is 9.59 Å². The third-order valence-electron chi connectivity index (χ3n) is 9.88. The van der Waals surface area contributed by atoms with Gasteiger partial charge in [0.05, 0.1) is 25.7 Å². The topological polar surface area (TPSA) is 163 Å². The van der Waals surface area contributed by atoms with Gasteiger partial charge in [0.15, 0.2) is 5.78 Å². The molecule has 2 aliphatic heterocycles. The number of ether oxygens (including phenoxy) is 4. The molecule has 5 rings (SSSR count). The van der Waals surface area contributed by atoms with Crippen LogP contribution in [-0.4, -0.2) is 83.4 Å². The van der Waals surface area contributed by atoms with Gasteiger partial charge in [-0.05, 0) is 23.7 Å². The first kappa shape index (κ1) is 26.2. The zero-order valence-electron chi connectivity index (χ0n) is 21.6. The Balaban J connectivity index is 1.71. The molecule has 11 nitrogen and oxygen atoms in total. The van der Waals surface area contributed by atoms with Crippen molar-refractivity contribution in [3.63, 3.8) is 0 Å². The van der Waals surface area contributed by atoms with E-state index in [0.29, 0.717) is 0 Å². The van der Waals surface area contributed by atoms with Crippen LogP contribution in [0.4, 0.5) is 0 Å². The van der Waals surface area contributed by atoms with E-state index in [0.717, 1.165) is 7.11 Å². The summed E-state index contributed by atoms with van der Waals surface area (Å²) >= 11 is 0. The maximum Gasteiger partial charge on any atom is 0.348 e. The van der Waals surface area contributed by atoms with Crippen LogP contribution in [0.1, 0.15) is 47.0 Å². The van der Waals surface area contributed by atoms with E-state index in [4.69, 9.17) is 18.9 Å². The summed E-state index contributed by atoms with van der Waals surface area (Å²) in [5.41, 5.74) is -4.48. The number of Topliss-reactive ketones (excluding diaryl/α,β-unsaturated/α-hetero) is 2. The smallest absolute Gasteiger partial charge is 0.348 e.